The second kappa shape index (κ2) is 7.65. The Balaban J connectivity index is 1.72. The zero-order valence-corrected chi connectivity index (χ0v) is 16.3. The zero-order valence-electron chi connectivity index (χ0n) is 16.3. The SMILES string of the molecule is N#Cc1nc2ccccc2c2c1nc(-c1ccccc1)n2CCC1CCNCC1. The molecule has 0 bridgehead atoms. The Hall–Kier alpha value is -3.23. The molecule has 1 fully saturated rings. The number of nitrogens with one attached hydrogen (secondary N) is 1. The zero-order chi connectivity index (χ0) is 19.6. The summed E-state index contributed by atoms with van der Waals surface area (Å²) in [5, 5.41) is 14.2. The second-order valence-corrected chi connectivity index (χ2v) is 7.72. The maximum atomic E-state index is 9.73. The van der Waals surface area contributed by atoms with Crippen molar-refractivity contribution in [2.45, 2.75) is 25.8 Å². The highest BCUT2D eigenvalue weighted by Crippen LogP contribution is 2.32. The number of nitrogens with zero attached hydrogens (tertiary/aromatic N) is 4. The normalized spacial score (nSPS) is 15.0. The van der Waals surface area contributed by atoms with E-state index in [1.165, 1.54) is 12.8 Å². The quantitative estimate of drug-likeness (QED) is 0.565. The van der Waals surface area contributed by atoms with Crippen molar-refractivity contribution in [1.29, 1.82) is 5.26 Å². The topological polar surface area (TPSA) is 66.5 Å². The van der Waals surface area contributed by atoms with Crippen LogP contribution < -0.4 is 5.32 Å². The smallest absolute Gasteiger partial charge is 0.169 e. The summed E-state index contributed by atoms with van der Waals surface area (Å²) in [6, 6.07) is 20.6. The molecule has 2 aromatic carbocycles. The Morgan fingerprint density at radius 1 is 1.00 bits per heavy atom. The summed E-state index contributed by atoms with van der Waals surface area (Å²) in [5.41, 5.74) is 4.05. The number of fused-ring (bicyclic) bond motifs is 3. The van der Waals surface area contributed by atoms with E-state index in [4.69, 9.17) is 4.98 Å². The number of aryl methyl sites for hydroxylation is 1. The van der Waals surface area contributed by atoms with Crippen LogP contribution in [0.25, 0.3) is 33.3 Å². The minimum absolute atomic E-state index is 0.400. The molecule has 0 spiro atoms. The Morgan fingerprint density at radius 3 is 2.55 bits per heavy atom. The van der Waals surface area contributed by atoms with Crippen LogP contribution in [0.4, 0.5) is 0 Å². The first-order valence-corrected chi connectivity index (χ1v) is 10.3. The van der Waals surface area contributed by atoms with E-state index in [2.05, 4.69) is 39.1 Å². The van der Waals surface area contributed by atoms with E-state index in [1.807, 2.05) is 36.4 Å². The molecule has 144 valence electrons. The van der Waals surface area contributed by atoms with Crippen molar-refractivity contribution < 1.29 is 0 Å². The lowest BCUT2D eigenvalue weighted by Gasteiger charge is -2.23. The highest BCUT2D eigenvalue weighted by Gasteiger charge is 2.21. The third-order valence-corrected chi connectivity index (χ3v) is 5.94. The predicted molar refractivity (Wildman–Crippen MR) is 115 cm³/mol. The van der Waals surface area contributed by atoms with Gasteiger partial charge < -0.3 is 9.88 Å². The molecule has 0 unspecified atom stereocenters. The molecule has 0 radical (unpaired) electrons. The number of benzene rings is 2. The van der Waals surface area contributed by atoms with Crippen molar-refractivity contribution >= 4 is 21.9 Å². The van der Waals surface area contributed by atoms with Crippen LogP contribution in [0.3, 0.4) is 0 Å². The van der Waals surface area contributed by atoms with E-state index in [1.54, 1.807) is 0 Å². The molecular weight excluding hydrogens is 358 g/mol. The van der Waals surface area contributed by atoms with E-state index in [-0.39, 0.29) is 0 Å². The summed E-state index contributed by atoms with van der Waals surface area (Å²) in [7, 11) is 0. The van der Waals surface area contributed by atoms with Crippen LogP contribution in [0.2, 0.25) is 0 Å². The van der Waals surface area contributed by atoms with E-state index < -0.39 is 0 Å². The van der Waals surface area contributed by atoms with Gasteiger partial charge in [-0.2, -0.15) is 5.26 Å². The van der Waals surface area contributed by atoms with Gasteiger partial charge in [0.1, 0.15) is 17.4 Å². The first-order valence-electron chi connectivity index (χ1n) is 10.3. The van der Waals surface area contributed by atoms with Crippen LogP contribution in [0.1, 0.15) is 25.0 Å². The maximum Gasteiger partial charge on any atom is 0.169 e. The van der Waals surface area contributed by atoms with Gasteiger partial charge in [0.15, 0.2) is 5.69 Å². The molecule has 4 aromatic rings. The first-order chi connectivity index (χ1) is 14.3. The lowest BCUT2D eigenvalue weighted by atomic mass is 9.94. The molecule has 29 heavy (non-hydrogen) atoms. The molecule has 1 aliphatic heterocycles. The van der Waals surface area contributed by atoms with Gasteiger partial charge in [0.05, 0.1) is 11.0 Å². The van der Waals surface area contributed by atoms with Crippen LogP contribution in [0.15, 0.2) is 54.6 Å². The third kappa shape index (κ3) is 3.26. The fourth-order valence-corrected chi connectivity index (χ4v) is 4.42. The number of nitriles is 1. The van der Waals surface area contributed by atoms with Crippen molar-refractivity contribution in [3.8, 4) is 17.5 Å². The molecule has 1 N–H and O–H groups in total. The lowest BCUT2D eigenvalue weighted by molar-refractivity contribution is 0.340. The van der Waals surface area contributed by atoms with E-state index >= 15 is 0 Å². The Kier molecular flexibility index (Phi) is 4.71. The second-order valence-electron chi connectivity index (χ2n) is 7.72. The van der Waals surface area contributed by atoms with Crippen LogP contribution in [0.5, 0.6) is 0 Å². The minimum Gasteiger partial charge on any atom is -0.323 e. The largest absolute Gasteiger partial charge is 0.323 e. The van der Waals surface area contributed by atoms with Gasteiger partial charge in [-0.1, -0.05) is 48.5 Å². The lowest BCUT2D eigenvalue weighted by Crippen LogP contribution is -2.28. The van der Waals surface area contributed by atoms with Gasteiger partial charge in [0, 0.05) is 17.5 Å². The molecule has 0 saturated carbocycles. The van der Waals surface area contributed by atoms with Gasteiger partial charge in [0.25, 0.3) is 0 Å². The van der Waals surface area contributed by atoms with Crippen LogP contribution in [0, 0.1) is 17.2 Å². The molecule has 0 amide bonds. The molecule has 5 nitrogen and oxygen atoms in total. The molecule has 1 saturated heterocycles. The summed E-state index contributed by atoms with van der Waals surface area (Å²) in [6.07, 6.45) is 3.56. The fourth-order valence-electron chi connectivity index (χ4n) is 4.42. The average Bonchev–Trinajstić information content (AvgIpc) is 3.18. The Morgan fingerprint density at radius 2 is 1.76 bits per heavy atom. The van der Waals surface area contributed by atoms with Crippen LogP contribution in [-0.2, 0) is 6.54 Å². The van der Waals surface area contributed by atoms with Gasteiger partial charge in [0.2, 0.25) is 0 Å². The van der Waals surface area contributed by atoms with Crippen molar-refractivity contribution in [2.75, 3.05) is 13.1 Å². The number of hydrogen-bond donors (Lipinski definition) is 1. The molecule has 1 aliphatic rings. The van der Waals surface area contributed by atoms with E-state index in [9.17, 15) is 5.26 Å². The monoisotopic (exact) mass is 381 g/mol. The third-order valence-electron chi connectivity index (χ3n) is 5.94. The van der Waals surface area contributed by atoms with Gasteiger partial charge in [-0.05, 0) is 44.3 Å². The molecule has 3 heterocycles. The van der Waals surface area contributed by atoms with Crippen molar-refractivity contribution in [1.82, 2.24) is 19.9 Å². The highest BCUT2D eigenvalue weighted by molar-refractivity contribution is 6.05. The molecular formula is C24H23N5. The summed E-state index contributed by atoms with van der Waals surface area (Å²) in [6.45, 7) is 3.10. The minimum atomic E-state index is 0.400. The number of rotatable bonds is 4. The number of imidazole rings is 1. The number of para-hydroxylation sites is 1. The van der Waals surface area contributed by atoms with Crippen LogP contribution in [-0.4, -0.2) is 27.6 Å². The van der Waals surface area contributed by atoms with Gasteiger partial charge in [-0.15, -0.1) is 0 Å². The van der Waals surface area contributed by atoms with Gasteiger partial charge in [-0.25, -0.2) is 9.97 Å². The van der Waals surface area contributed by atoms with Crippen molar-refractivity contribution in [3.63, 3.8) is 0 Å². The number of aromatic nitrogens is 3. The van der Waals surface area contributed by atoms with E-state index in [0.29, 0.717) is 11.2 Å². The first kappa shape index (κ1) is 17.8. The molecule has 5 heteroatoms. The van der Waals surface area contributed by atoms with Crippen molar-refractivity contribution in [3.05, 3.63) is 60.3 Å². The summed E-state index contributed by atoms with van der Waals surface area (Å²) in [4.78, 5) is 9.51. The Labute approximate surface area is 170 Å². The summed E-state index contributed by atoms with van der Waals surface area (Å²) >= 11 is 0. The number of hydrogen-bond acceptors (Lipinski definition) is 4. The van der Waals surface area contributed by atoms with Gasteiger partial charge >= 0.3 is 0 Å². The maximum absolute atomic E-state index is 9.73. The van der Waals surface area contributed by atoms with Gasteiger partial charge in [-0.3, -0.25) is 0 Å². The standard InChI is InChI=1S/C24H23N5/c25-16-21-22-23(19-8-4-5-9-20(19)27-21)29(15-12-17-10-13-26-14-11-17)24(28-22)18-6-2-1-3-7-18/h1-9,17,26H,10-15H2. The predicted octanol–water partition coefficient (Wildman–Crippen LogP) is 4.51. The van der Waals surface area contributed by atoms with Crippen LogP contribution >= 0.6 is 0 Å². The number of piperidine rings is 1. The highest BCUT2D eigenvalue weighted by atomic mass is 15.1. The molecule has 0 atom stereocenters. The van der Waals surface area contributed by atoms with E-state index in [0.717, 1.165) is 59.8 Å². The Bertz CT molecular complexity index is 1200. The molecule has 5 rings (SSSR count). The molecule has 2 aromatic heterocycles. The molecule has 0 aliphatic carbocycles. The average molecular weight is 381 g/mol. The summed E-state index contributed by atoms with van der Waals surface area (Å²) in [5.74, 6) is 1.64. The number of pyridine rings is 1. The summed E-state index contributed by atoms with van der Waals surface area (Å²) < 4.78 is 2.32. The fraction of sp³-hybridized carbons (Fsp3) is 0.292. The van der Waals surface area contributed by atoms with Crippen molar-refractivity contribution in [2.24, 2.45) is 5.92 Å².